The van der Waals surface area contributed by atoms with Crippen molar-refractivity contribution in [1.82, 2.24) is 9.29 Å². The van der Waals surface area contributed by atoms with Gasteiger partial charge in [0.25, 0.3) is 21.8 Å². The molecule has 2 amide bonds. The summed E-state index contributed by atoms with van der Waals surface area (Å²) >= 11 is 0. The van der Waals surface area contributed by atoms with Gasteiger partial charge in [-0.15, -0.1) is 0 Å². The molecule has 1 unspecified atom stereocenters. The Hall–Kier alpha value is -2.69. The maximum absolute atomic E-state index is 13.0. The number of amides is 2. The Labute approximate surface area is 180 Å². The van der Waals surface area contributed by atoms with E-state index in [1.54, 1.807) is 6.92 Å². The lowest BCUT2D eigenvalue weighted by Crippen LogP contribution is -2.43. The molecule has 2 N–H and O–H groups in total. The Morgan fingerprint density at radius 3 is 2.81 bits per heavy atom. The van der Waals surface area contributed by atoms with Gasteiger partial charge in [0.1, 0.15) is 10.6 Å². The maximum Gasteiger partial charge on any atom is 0.273 e. The molecule has 2 aromatic rings. The second kappa shape index (κ2) is 7.77. The third-order valence-electron chi connectivity index (χ3n) is 5.26. The van der Waals surface area contributed by atoms with E-state index >= 15 is 0 Å². The van der Waals surface area contributed by atoms with Crippen molar-refractivity contribution in [3.8, 4) is 0 Å². The standard InChI is InChI=1S/C21H25N3O6S/c1-13-8-17-20(26)23-16-9-14(4-5-18(16)31(27,28)24(17)10-13)19(25)22-7-6-15-11-30-21(2,3)12-29-15/h4-5,8-10,15H,6-7,11-12H2,1-3H3,(H,22,25)(H,23,26). The van der Waals surface area contributed by atoms with Gasteiger partial charge in [-0.2, -0.15) is 0 Å². The van der Waals surface area contributed by atoms with Crippen molar-refractivity contribution < 1.29 is 27.5 Å². The normalized spacial score (nSPS) is 21.4. The molecule has 3 heterocycles. The van der Waals surface area contributed by atoms with Crippen LogP contribution in [0.5, 0.6) is 0 Å². The Bertz CT molecular complexity index is 1140. The van der Waals surface area contributed by atoms with E-state index < -0.39 is 15.9 Å². The minimum atomic E-state index is -3.96. The van der Waals surface area contributed by atoms with Crippen LogP contribution < -0.4 is 10.6 Å². The highest BCUT2D eigenvalue weighted by atomic mass is 32.2. The van der Waals surface area contributed by atoms with Crippen molar-refractivity contribution in [2.75, 3.05) is 25.1 Å². The number of nitrogens with zero attached hydrogens (tertiary/aromatic N) is 1. The molecule has 0 spiro atoms. The zero-order chi connectivity index (χ0) is 22.4. The summed E-state index contributed by atoms with van der Waals surface area (Å²) < 4.78 is 38.4. The number of aromatic nitrogens is 1. The number of hydrogen-bond acceptors (Lipinski definition) is 6. The minimum absolute atomic E-state index is 0.0255. The first-order chi connectivity index (χ1) is 14.6. The molecule has 1 atom stereocenters. The highest BCUT2D eigenvalue weighted by molar-refractivity contribution is 7.90. The quantitative estimate of drug-likeness (QED) is 0.740. The summed E-state index contributed by atoms with van der Waals surface area (Å²) in [7, 11) is -3.96. The summed E-state index contributed by atoms with van der Waals surface area (Å²) in [6, 6.07) is 5.65. The minimum Gasteiger partial charge on any atom is -0.373 e. The molecule has 1 aromatic carbocycles. The molecule has 2 aliphatic rings. The Morgan fingerprint density at radius 2 is 2.10 bits per heavy atom. The predicted molar refractivity (Wildman–Crippen MR) is 113 cm³/mol. The lowest BCUT2D eigenvalue weighted by Gasteiger charge is -2.34. The number of anilines is 1. The number of fused-ring (bicyclic) bond motifs is 2. The summed E-state index contributed by atoms with van der Waals surface area (Å²) in [5, 5.41) is 5.40. The van der Waals surface area contributed by atoms with E-state index in [2.05, 4.69) is 10.6 Å². The van der Waals surface area contributed by atoms with E-state index in [9.17, 15) is 18.0 Å². The van der Waals surface area contributed by atoms with Crippen LogP contribution in [0, 0.1) is 6.92 Å². The molecule has 2 aliphatic heterocycles. The van der Waals surface area contributed by atoms with Gasteiger partial charge >= 0.3 is 0 Å². The number of rotatable bonds is 4. The van der Waals surface area contributed by atoms with Crippen molar-refractivity contribution in [2.24, 2.45) is 0 Å². The van der Waals surface area contributed by atoms with Gasteiger partial charge in [-0.3, -0.25) is 9.59 Å². The van der Waals surface area contributed by atoms with E-state index in [1.807, 2.05) is 13.8 Å². The van der Waals surface area contributed by atoms with Crippen LogP contribution in [-0.2, 0) is 19.5 Å². The zero-order valence-corrected chi connectivity index (χ0v) is 18.4. The molecule has 1 saturated heterocycles. The average Bonchev–Trinajstić information content (AvgIpc) is 3.09. The summed E-state index contributed by atoms with van der Waals surface area (Å²) in [4.78, 5) is 25.0. The number of carbonyl (C=O) groups excluding carboxylic acids is 2. The lowest BCUT2D eigenvalue weighted by molar-refractivity contribution is -0.175. The maximum atomic E-state index is 13.0. The molecule has 31 heavy (non-hydrogen) atoms. The number of ether oxygens (including phenoxy) is 2. The van der Waals surface area contributed by atoms with Gasteiger partial charge < -0.3 is 20.1 Å². The van der Waals surface area contributed by atoms with Crippen LogP contribution >= 0.6 is 0 Å². The SMILES string of the molecule is Cc1cc2n(c1)S(=O)(=O)c1ccc(C(=O)NCCC3COC(C)(C)CO3)cc1NC2=O. The fourth-order valence-electron chi connectivity index (χ4n) is 3.56. The number of carbonyl (C=O) groups is 2. The van der Waals surface area contributed by atoms with Gasteiger partial charge in [0.2, 0.25) is 0 Å². The molecule has 0 aliphatic carbocycles. The number of aryl methyl sites for hydroxylation is 1. The smallest absolute Gasteiger partial charge is 0.273 e. The first-order valence-electron chi connectivity index (χ1n) is 10.0. The summed E-state index contributed by atoms with van der Waals surface area (Å²) in [6.45, 7) is 6.96. The number of nitrogens with one attached hydrogen (secondary N) is 2. The number of hydrogen-bond donors (Lipinski definition) is 2. The van der Waals surface area contributed by atoms with E-state index in [0.29, 0.717) is 31.7 Å². The van der Waals surface area contributed by atoms with Crippen LogP contribution in [0.1, 0.15) is 46.7 Å². The van der Waals surface area contributed by atoms with Crippen molar-refractivity contribution in [1.29, 1.82) is 0 Å². The summed E-state index contributed by atoms with van der Waals surface area (Å²) in [5.74, 6) is -0.920. The van der Waals surface area contributed by atoms with Crippen LogP contribution in [0.15, 0.2) is 35.4 Å². The van der Waals surface area contributed by atoms with E-state index in [1.165, 1.54) is 30.5 Å². The predicted octanol–water partition coefficient (Wildman–Crippen LogP) is 1.91. The van der Waals surface area contributed by atoms with Crippen LogP contribution in [-0.4, -0.2) is 55.7 Å². The Morgan fingerprint density at radius 1 is 1.32 bits per heavy atom. The van der Waals surface area contributed by atoms with Gasteiger partial charge in [-0.1, -0.05) is 0 Å². The molecule has 4 rings (SSSR count). The van der Waals surface area contributed by atoms with Gasteiger partial charge in [-0.25, -0.2) is 12.4 Å². The van der Waals surface area contributed by atoms with Crippen molar-refractivity contribution in [3.63, 3.8) is 0 Å². The van der Waals surface area contributed by atoms with Gasteiger partial charge in [-0.05, 0) is 57.0 Å². The molecule has 0 radical (unpaired) electrons. The fraction of sp³-hybridized carbons (Fsp3) is 0.429. The van der Waals surface area contributed by atoms with E-state index in [0.717, 1.165) is 3.97 Å². The van der Waals surface area contributed by atoms with E-state index in [-0.39, 0.29) is 39.5 Å². The third kappa shape index (κ3) is 4.23. The fourth-order valence-corrected chi connectivity index (χ4v) is 5.10. The van der Waals surface area contributed by atoms with Crippen molar-refractivity contribution in [3.05, 3.63) is 47.3 Å². The molecule has 0 saturated carbocycles. The van der Waals surface area contributed by atoms with Gasteiger partial charge in [0.15, 0.2) is 0 Å². The molecule has 0 bridgehead atoms. The second-order valence-electron chi connectivity index (χ2n) is 8.42. The van der Waals surface area contributed by atoms with Crippen LogP contribution in [0.2, 0.25) is 0 Å². The lowest BCUT2D eigenvalue weighted by atomic mass is 10.1. The second-order valence-corrected chi connectivity index (χ2v) is 10.2. The van der Waals surface area contributed by atoms with Crippen molar-refractivity contribution >= 4 is 27.5 Å². The highest BCUT2D eigenvalue weighted by Gasteiger charge is 2.31. The highest BCUT2D eigenvalue weighted by Crippen LogP contribution is 2.30. The third-order valence-corrected chi connectivity index (χ3v) is 6.99. The first-order valence-corrected chi connectivity index (χ1v) is 11.4. The molecule has 166 valence electrons. The first kappa shape index (κ1) is 21.5. The largest absolute Gasteiger partial charge is 0.373 e. The van der Waals surface area contributed by atoms with Gasteiger partial charge in [0.05, 0.1) is 30.6 Å². The van der Waals surface area contributed by atoms with Crippen LogP contribution in [0.3, 0.4) is 0 Å². The van der Waals surface area contributed by atoms with Crippen molar-refractivity contribution in [2.45, 2.75) is 43.8 Å². The summed E-state index contributed by atoms with van der Waals surface area (Å²) in [6.07, 6.45) is 1.90. The topological polar surface area (TPSA) is 116 Å². The van der Waals surface area contributed by atoms with Crippen LogP contribution in [0.4, 0.5) is 5.69 Å². The molecule has 1 aromatic heterocycles. The molecular formula is C21H25N3O6S. The number of benzene rings is 1. The average molecular weight is 448 g/mol. The van der Waals surface area contributed by atoms with Gasteiger partial charge in [0, 0.05) is 18.3 Å². The molecule has 9 nitrogen and oxygen atoms in total. The molecule has 10 heteroatoms. The van der Waals surface area contributed by atoms with E-state index in [4.69, 9.17) is 9.47 Å². The Kier molecular flexibility index (Phi) is 5.40. The Balaban J connectivity index is 1.46. The summed E-state index contributed by atoms with van der Waals surface area (Å²) in [5.41, 5.74) is 0.706. The molecule has 1 fully saturated rings. The molecular weight excluding hydrogens is 422 g/mol. The van der Waals surface area contributed by atoms with Crippen LogP contribution in [0.25, 0.3) is 0 Å². The monoisotopic (exact) mass is 447 g/mol. The zero-order valence-electron chi connectivity index (χ0n) is 17.6.